The molecule has 7 heteroatoms. The number of carbonyl (C=O) groups is 1. The number of hydrogen-bond acceptors (Lipinski definition) is 6. The summed E-state index contributed by atoms with van der Waals surface area (Å²) in [5.41, 5.74) is 1.18. The van der Waals surface area contributed by atoms with Crippen LogP contribution in [0.1, 0.15) is 5.76 Å². The number of methoxy groups -OCH3 is 1. The number of nitrogens with one attached hydrogen (secondary N) is 1. The fourth-order valence-electron chi connectivity index (χ4n) is 1.91. The smallest absolute Gasteiger partial charge is 0.249 e. The first-order valence-corrected chi connectivity index (χ1v) is 6.76. The molecule has 1 N–H and O–H groups in total. The Morgan fingerprint density at radius 2 is 2.04 bits per heavy atom. The standard InChI is InChI=1S/C16H13N3O4/c1-21-12-6-4-11(5-7-12)15-16(19-23-18-15)17-14(20)9-8-13-3-2-10-22-13/h2-10H,1H3,(H,17,19,20). The maximum absolute atomic E-state index is 11.9. The minimum absolute atomic E-state index is 0.240. The van der Waals surface area contributed by atoms with Gasteiger partial charge in [-0.15, -0.1) is 0 Å². The lowest BCUT2D eigenvalue weighted by Gasteiger charge is -2.02. The second kappa shape index (κ2) is 6.61. The molecule has 0 spiro atoms. The molecule has 0 radical (unpaired) electrons. The average molecular weight is 311 g/mol. The van der Waals surface area contributed by atoms with Crippen molar-refractivity contribution >= 4 is 17.8 Å². The van der Waals surface area contributed by atoms with E-state index in [2.05, 4.69) is 15.6 Å². The third-order valence-electron chi connectivity index (χ3n) is 3.04. The monoisotopic (exact) mass is 311 g/mol. The van der Waals surface area contributed by atoms with E-state index in [1.807, 2.05) is 0 Å². The maximum Gasteiger partial charge on any atom is 0.249 e. The van der Waals surface area contributed by atoms with E-state index in [-0.39, 0.29) is 11.7 Å². The van der Waals surface area contributed by atoms with Crippen LogP contribution in [0.15, 0.2) is 57.8 Å². The van der Waals surface area contributed by atoms with Crippen LogP contribution in [0.4, 0.5) is 5.82 Å². The highest BCUT2D eigenvalue weighted by Gasteiger charge is 2.14. The molecule has 3 aromatic rings. The molecule has 1 amide bonds. The molecule has 7 nitrogen and oxygen atoms in total. The van der Waals surface area contributed by atoms with Gasteiger partial charge < -0.3 is 14.5 Å². The van der Waals surface area contributed by atoms with Gasteiger partial charge in [-0.3, -0.25) is 4.79 Å². The molecular formula is C16H13N3O4. The van der Waals surface area contributed by atoms with Crippen LogP contribution in [0.3, 0.4) is 0 Å². The Balaban J connectivity index is 1.74. The number of rotatable bonds is 5. The van der Waals surface area contributed by atoms with Gasteiger partial charge in [0, 0.05) is 11.6 Å². The van der Waals surface area contributed by atoms with Crippen LogP contribution < -0.4 is 10.1 Å². The third-order valence-corrected chi connectivity index (χ3v) is 3.04. The van der Waals surface area contributed by atoms with Gasteiger partial charge in [0.2, 0.25) is 11.7 Å². The summed E-state index contributed by atoms with van der Waals surface area (Å²) in [6, 6.07) is 10.6. The van der Waals surface area contributed by atoms with Gasteiger partial charge in [-0.05, 0) is 52.8 Å². The second-order valence-electron chi connectivity index (χ2n) is 4.53. The van der Waals surface area contributed by atoms with E-state index in [1.54, 1.807) is 49.6 Å². The Bertz CT molecular complexity index is 804. The fraction of sp³-hybridized carbons (Fsp3) is 0.0625. The molecule has 23 heavy (non-hydrogen) atoms. The van der Waals surface area contributed by atoms with E-state index in [9.17, 15) is 4.79 Å². The van der Waals surface area contributed by atoms with Crippen LogP contribution in [0.25, 0.3) is 17.3 Å². The topological polar surface area (TPSA) is 90.4 Å². The number of furan rings is 1. The average Bonchev–Trinajstić information content (AvgIpc) is 3.25. The molecule has 0 aliphatic carbocycles. The molecule has 2 aromatic heterocycles. The van der Waals surface area contributed by atoms with Gasteiger partial charge in [-0.1, -0.05) is 0 Å². The summed E-state index contributed by atoms with van der Waals surface area (Å²) in [7, 11) is 1.59. The van der Waals surface area contributed by atoms with Crippen LogP contribution in [-0.4, -0.2) is 23.3 Å². The van der Waals surface area contributed by atoms with Crippen molar-refractivity contribution < 1.29 is 18.6 Å². The van der Waals surface area contributed by atoms with E-state index in [1.165, 1.54) is 12.3 Å². The molecule has 0 atom stereocenters. The zero-order valence-corrected chi connectivity index (χ0v) is 12.2. The van der Waals surface area contributed by atoms with E-state index in [4.69, 9.17) is 13.8 Å². The molecule has 0 saturated heterocycles. The Hall–Kier alpha value is -3.35. The van der Waals surface area contributed by atoms with Crippen molar-refractivity contribution in [3.8, 4) is 17.0 Å². The van der Waals surface area contributed by atoms with Crippen molar-refractivity contribution in [3.63, 3.8) is 0 Å². The Kier molecular flexibility index (Phi) is 4.19. The normalized spacial score (nSPS) is 10.8. The van der Waals surface area contributed by atoms with Crippen molar-refractivity contribution in [2.24, 2.45) is 0 Å². The summed E-state index contributed by atoms with van der Waals surface area (Å²) < 4.78 is 14.9. The van der Waals surface area contributed by atoms with Gasteiger partial charge in [0.15, 0.2) is 5.69 Å². The highest BCUT2D eigenvalue weighted by molar-refractivity contribution is 6.02. The molecule has 0 bridgehead atoms. The third kappa shape index (κ3) is 3.46. The summed E-state index contributed by atoms with van der Waals surface area (Å²) in [5.74, 6) is 1.17. The van der Waals surface area contributed by atoms with Crippen LogP contribution in [0.5, 0.6) is 5.75 Å². The maximum atomic E-state index is 11.9. The number of amides is 1. The highest BCUT2D eigenvalue weighted by Crippen LogP contribution is 2.26. The lowest BCUT2D eigenvalue weighted by Crippen LogP contribution is -2.08. The van der Waals surface area contributed by atoms with Gasteiger partial charge in [0.25, 0.3) is 0 Å². The van der Waals surface area contributed by atoms with Crippen LogP contribution in [-0.2, 0) is 4.79 Å². The number of carbonyl (C=O) groups excluding carboxylic acids is 1. The van der Waals surface area contributed by atoms with Gasteiger partial charge >= 0.3 is 0 Å². The first-order chi connectivity index (χ1) is 11.3. The van der Waals surface area contributed by atoms with Gasteiger partial charge in [-0.2, -0.15) is 0 Å². The molecular weight excluding hydrogens is 298 g/mol. The first-order valence-electron chi connectivity index (χ1n) is 6.76. The molecule has 0 aliphatic heterocycles. The summed E-state index contributed by atoms with van der Waals surface area (Å²) >= 11 is 0. The summed E-state index contributed by atoms with van der Waals surface area (Å²) in [5, 5.41) is 10.1. The van der Waals surface area contributed by atoms with Crippen LogP contribution in [0.2, 0.25) is 0 Å². The molecule has 0 aliphatic rings. The van der Waals surface area contributed by atoms with E-state index < -0.39 is 0 Å². The number of anilines is 1. The van der Waals surface area contributed by atoms with E-state index in [0.717, 1.165) is 11.3 Å². The zero-order valence-electron chi connectivity index (χ0n) is 12.2. The number of benzene rings is 1. The highest BCUT2D eigenvalue weighted by atomic mass is 16.6. The quantitative estimate of drug-likeness (QED) is 0.728. The van der Waals surface area contributed by atoms with E-state index >= 15 is 0 Å². The van der Waals surface area contributed by atoms with Gasteiger partial charge in [0.1, 0.15) is 11.5 Å². The van der Waals surface area contributed by atoms with Gasteiger partial charge in [0.05, 0.1) is 13.4 Å². The molecule has 1 aromatic carbocycles. The molecule has 3 rings (SSSR count). The lowest BCUT2D eigenvalue weighted by molar-refractivity contribution is -0.111. The molecule has 2 heterocycles. The minimum atomic E-state index is -0.369. The summed E-state index contributed by atoms with van der Waals surface area (Å²) in [6.07, 6.45) is 4.42. The van der Waals surface area contributed by atoms with Crippen molar-refractivity contribution in [2.75, 3.05) is 12.4 Å². The molecule has 0 saturated carbocycles. The number of nitrogens with zero attached hydrogens (tertiary/aromatic N) is 2. The molecule has 0 fully saturated rings. The van der Waals surface area contributed by atoms with Crippen LogP contribution in [0, 0.1) is 0 Å². The fourth-order valence-corrected chi connectivity index (χ4v) is 1.91. The van der Waals surface area contributed by atoms with Crippen molar-refractivity contribution in [3.05, 3.63) is 54.5 Å². The predicted molar refractivity (Wildman–Crippen MR) is 82.7 cm³/mol. The van der Waals surface area contributed by atoms with Crippen LogP contribution >= 0.6 is 0 Å². The zero-order chi connectivity index (χ0) is 16.1. The van der Waals surface area contributed by atoms with Crippen molar-refractivity contribution in [2.45, 2.75) is 0 Å². The Morgan fingerprint density at radius 1 is 1.22 bits per heavy atom. The number of hydrogen-bond donors (Lipinski definition) is 1. The van der Waals surface area contributed by atoms with Crippen molar-refractivity contribution in [1.82, 2.24) is 10.3 Å². The number of aromatic nitrogens is 2. The lowest BCUT2D eigenvalue weighted by atomic mass is 10.1. The minimum Gasteiger partial charge on any atom is -0.497 e. The molecule has 0 unspecified atom stereocenters. The van der Waals surface area contributed by atoms with Gasteiger partial charge in [-0.25, -0.2) is 4.63 Å². The largest absolute Gasteiger partial charge is 0.497 e. The first kappa shape index (κ1) is 14.6. The Morgan fingerprint density at radius 3 is 2.74 bits per heavy atom. The van der Waals surface area contributed by atoms with E-state index in [0.29, 0.717) is 11.5 Å². The molecule has 116 valence electrons. The summed E-state index contributed by atoms with van der Waals surface area (Å²) in [6.45, 7) is 0. The second-order valence-corrected chi connectivity index (χ2v) is 4.53. The SMILES string of the molecule is COc1ccc(-c2nonc2NC(=O)C=Cc2ccco2)cc1. The van der Waals surface area contributed by atoms with Crippen molar-refractivity contribution in [1.29, 1.82) is 0 Å². The summed E-state index contributed by atoms with van der Waals surface area (Å²) in [4.78, 5) is 11.9. The number of ether oxygens (including phenoxy) is 1. The Labute approximate surface area is 131 Å². The predicted octanol–water partition coefficient (Wildman–Crippen LogP) is 2.99.